The fourth-order valence-corrected chi connectivity index (χ4v) is 2.78. The van der Waals surface area contributed by atoms with E-state index in [2.05, 4.69) is 20.8 Å². The van der Waals surface area contributed by atoms with Gasteiger partial charge < -0.3 is 16.2 Å². The Morgan fingerprint density at radius 1 is 1.22 bits per heavy atom. The van der Waals surface area contributed by atoms with Gasteiger partial charge in [-0.3, -0.25) is 4.79 Å². The van der Waals surface area contributed by atoms with Gasteiger partial charge in [-0.25, -0.2) is 4.79 Å². The summed E-state index contributed by atoms with van der Waals surface area (Å²) in [6.45, 7) is 6.70. The van der Waals surface area contributed by atoms with Crippen LogP contribution in [0.2, 0.25) is 0 Å². The third-order valence-electron chi connectivity index (χ3n) is 4.43. The highest BCUT2D eigenvalue weighted by molar-refractivity contribution is 5.76. The lowest BCUT2D eigenvalue weighted by Crippen LogP contribution is -2.45. The molecule has 1 rings (SSSR count). The minimum absolute atomic E-state index is 0.00886. The first-order chi connectivity index (χ1) is 8.18. The van der Waals surface area contributed by atoms with E-state index in [-0.39, 0.29) is 22.7 Å². The molecule has 104 valence electrons. The van der Waals surface area contributed by atoms with E-state index in [4.69, 9.17) is 16.2 Å². The Kier molecular flexibility index (Phi) is 4.24. The molecular formula is C13H24N2O3. The lowest BCUT2D eigenvalue weighted by Gasteiger charge is -2.48. The van der Waals surface area contributed by atoms with Crippen LogP contribution >= 0.6 is 0 Å². The lowest BCUT2D eigenvalue weighted by molar-refractivity contribution is -0.125. The first kappa shape index (κ1) is 14.8. The van der Waals surface area contributed by atoms with Crippen molar-refractivity contribution in [3.63, 3.8) is 0 Å². The molecule has 1 aliphatic carbocycles. The third-order valence-corrected chi connectivity index (χ3v) is 4.43. The molecule has 18 heavy (non-hydrogen) atoms. The Labute approximate surface area is 108 Å². The molecule has 1 saturated carbocycles. The number of amides is 2. The zero-order valence-electron chi connectivity index (χ0n) is 11.5. The minimum Gasteiger partial charge on any atom is -0.449 e. The number of rotatable bonds is 3. The van der Waals surface area contributed by atoms with Crippen LogP contribution in [0.1, 0.15) is 46.5 Å². The average Bonchev–Trinajstić information content (AvgIpc) is 2.25. The second-order valence-electron chi connectivity index (χ2n) is 6.31. The van der Waals surface area contributed by atoms with Gasteiger partial charge in [-0.05, 0) is 31.1 Å². The molecule has 0 unspecified atom stereocenters. The van der Waals surface area contributed by atoms with E-state index < -0.39 is 6.09 Å². The van der Waals surface area contributed by atoms with Crippen LogP contribution in [0.5, 0.6) is 0 Å². The average molecular weight is 256 g/mol. The summed E-state index contributed by atoms with van der Waals surface area (Å²) in [6.07, 6.45) is 2.44. The number of hydrogen-bond donors (Lipinski definition) is 2. The van der Waals surface area contributed by atoms with Gasteiger partial charge in [0.25, 0.3) is 0 Å². The van der Waals surface area contributed by atoms with Crippen molar-refractivity contribution < 1.29 is 14.3 Å². The topological polar surface area (TPSA) is 95.4 Å². The van der Waals surface area contributed by atoms with Crippen LogP contribution in [0.25, 0.3) is 0 Å². The zero-order chi connectivity index (χ0) is 14.0. The van der Waals surface area contributed by atoms with Gasteiger partial charge in [-0.1, -0.05) is 20.8 Å². The molecule has 0 aromatic rings. The summed E-state index contributed by atoms with van der Waals surface area (Å²) < 4.78 is 5.03. The summed E-state index contributed by atoms with van der Waals surface area (Å²) in [4.78, 5) is 22.0. The van der Waals surface area contributed by atoms with Gasteiger partial charge in [0.05, 0.1) is 6.61 Å². The summed E-state index contributed by atoms with van der Waals surface area (Å²) in [5.41, 5.74) is 10.3. The molecule has 0 heterocycles. The number of carbonyl (C=O) groups is 2. The highest BCUT2D eigenvalue weighted by Crippen LogP contribution is 2.50. The molecule has 0 aromatic carbocycles. The number of nitrogens with two attached hydrogens (primary N) is 2. The Morgan fingerprint density at radius 2 is 1.72 bits per heavy atom. The van der Waals surface area contributed by atoms with Crippen LogP contribution < -0.4 is 11.5 Å². The summed E-state index contributed by atoms with van der Waals surface area (Å²) in [5.74, 6) is -0.276. The predicted molar refractivity (Wildman–Crippen MR) is 68.6 cm³/mol. The van der Waals surface area contributed by atoms with Gasteiger partial charge in [0.1, 0.15) is 0 Å². The molecule has 0 aromatic heterocycles. The molecule has 2 amide bonds. The number of primary amides is 2. The smallest absolute Gasteiger partial charge is 0.404 e. The van der Waals surface area contributed by atoms with Gasteiger partial charge >= 0.3 is 6.09 Å². The minimum atomic E-state index is -0.740. The van der Waals surface area contributed by atoms with Crippen molar-refractivity contribution >= 4 is 12.0 Å². The quantitative estimate of drug-likeness (QED) is 0.805. The highest BCUT2D eigenvalue weighted by Gasteiger charge is 2.46. The molecule has 0 aliphatic heterocycles. The van der Waals surface area contributed by atoms with Crippen LogP contribution in [0.3, 0.4) is 0 Å². The van der Waals surface area contributed by atoms with Gasteiger partial charge in [-0.15, -0.1) is 0 Å². The van der Waals surface area contributed by atoms with Crippen molar-refractivity contribution in [1.82, 2.24) is 0 Å². The molecule has 5 heteroatoms. The van der Waals surface area contributed by atoms with E-state index in [1.807, 2.05) is 0 Å². The maximum atomic E-state index is 11.2. The van der Waals surface area contributed by atoms with E-state index in [0.717, 1.165) is 25.7 Å². The van der Waals surface area contributed by atoms with Crippen molar-refractivity contribution in [3.05, 3.63) is 0 Å². The fraction of sp³-hybridized carbons (Fsp3) is 0.846. The number of hydrogen-bond acceptors (Lipinski definition) is 3. The van der Waals surface area contributed by atoms with Crippen molar-refractivity contribution in [3.8, 4) is 0 Å². The van der Waals surface area contributed by atoms with Crippen LogP contribution in [0.15, 0.2) is 0 Å². The Balaban J connectivity index is 2.77. The van der Waals surface area contributed by atoms with Crippen molar-refractivity contribution in [1.29, 1.82) is 0 Å². The first-order valence-electron chi connectivity index (χ1n) is 6.39. The second kappa shape index (κ2) is 5.16. The summed E-state index contributed by atoms with van der Waals surface area (Å²) >= 11 is 0. The van der Waals surface area contributed by atoms with Crippen LogP contribution in [-0.4, -0.2) is 18.6 Å². The Hall–Kier alpha value is -1.26. The second-order valence-corrected chi connectivity index (χ2v) is 6.31. The first-order valence-corrected chi connectivity index (χ1v) is 6.39. The molecular weight excluding hydrogens is 232 g/mol. The van der Waals surface area contributed by atoms with Gasteiger partial charge in [0, 0.05) is 11.3 Å². The normalized spacial score (nSPS) is 28.7. The molecule has 0 spiro atoms. The van der Waals surface area contributed by atoms with Crippen molar-refractivity contribution in [2.24, 2.45) is 28.2 Å². The lowest BCUT2D eigenvalue weighted by atomic mass is 9.58. The molecule has 0 bridgehead atoms. The molecule has 0 atom stereocenters. The third kappa shape index (κ3) is 3.15. The largest absolute Gasteiger partial charge is 0.449 e. The zero-order valence-corrected chi connectivity index (χ0v) is 11.5. The molecule has 4 N–H and O–H groups in total. The summed E-state index contributed by atoms with van der Waals surface area (Å²) in [6, 6.07) is 0. The molecule has 5 nitrogen and oxygen atoms in total. The SMILES string of the molecule is CC(C)(C)C1(COC(N)=O)CCC(C(N)=O)CC1. The Morgan fingerprint density at radius 3 is 2.06 bits per heavy atom. The molecule has 0 radical (unpaired) electrons. The van der Waals surface area contributed by atoms with Gasteiger partial charge in [0.15, 0.2) is 0 Å². The van der Waals surface area contributed by atoms with Crippen molar-refractivity contribution in [2.45, 2.75) is 46.5 Å². The van der Waals surface area contributed by atoms with E-state index in [1.54, 1.807) is 0 Å². The monoisotopic (exact) mass is 256 g/mol. The molecule has 1 fully saturated rings. The van der Waals surface area contributed by atoms with E-state index >= 15 is 0 Å². The van der Waals surface area contributed by atoms with Crippen LogP contribution in [0, 0.1) is 16.7 Å². The van der Waals surface area contributed by atoms with Crippen molar-refractivity contribution in [2.75, 3.05) is 6.61 Å². The maximum Gasteiger partial charge on any atom is 0.404 e. The standard InChI is InChI=1S/C13H24N2O3/c1-12(2,3)13(8-18-11(15)17)6-4-9(5-7-13)10(14)16/h9H,4-8H2,1-3H3,(H2,14,16)(H2,15,17). The highest BCUT2D eigenvalue weighted by atomic mass is 16.5. The summed E-state index contributed by atoms with van der Waals surface area (Å²) in [7, 11) is 0. The van der Waals surface area contributed by atoms with Crippen LogP contribution in [-0.2, 0) is 9.53 Å². The van der Waals surface area contributed by atoms with E-state index in [1.165, 1.54) is 0 Å². The van der Waals surface area contributed by atoms with E-state index in [0.29, 0.717) is 6.61 Å². The predicted octanol–water partition coefficient (Wildman–Crippen LogP) is 1.79. The maximum absolute atomic E-state index is 11.2. The Bertz CT molecular complexity index is 326. The van der Waals surface area contributed by atoms with Gasteiger partial charge in [0.2, 0.25) is 5.91 Å². The molecule has 0 saturated heterocycles. The fourth-order valence-electron chi connectivity index (χ4n) is 2.78. The summed E-state index contributed by atoms with van der Waals surface area (Å²) in [5, 5.41) is 0. The number of ether oxygens (including phenoxy) is 1. The van der Waals surface area contributed by atoms with Crippen LogP contribution in [0.4, 0.5) is 4.79 Å². The van der Waals surface area contributed by atoms with E-state index in [9.17, 15) is 9.59 Å². The number of carbonyl (C=O) groups excluding carboxylic acids is 2. The molecule has 1 aliphatic rings. The van der Waals surface area contributed by atoms with Gasteiger partial charge in [-0.2, -0.15) is 0 Å².